The maximum atomic E-state index is 3.59. The Hall–Kier alpha value is -1.30. The third-order valence-corrected chi connectivity index (χ3v) is 1.22. The van der Waals surface area contributed by atoms with Gasteiger partial charge in [-0.3, -0.25) is 0 Å². The Kier molecular flexibility index (Phi) is 4.83. The largest absolute Gasteiger partial charge is 0.0991 e. The van der Waals surface area contributed by atoms with Crippen molar-refractivity contribution in [2.24, 2.45) is 0 Å². The van der Waals surface area contributed by atoms with Crippen molar-refractivity contribution >= 4 is 6.08 Å². The summed E-state index contributed by atoms with van der Waals surface area (Å²) in [6.07, 6.45) is 5.72. The highest BCUT2D eigenvalue weighted by molar-refractivity contribution is 5.50. The van der Waals surface area contributed by atoms with Crippen molar-refractivity contribution < 1.29 is 0 Å². The first kappa shape index (κ1) is 9.70. The molecule has 0 spiro atoms. The van der Waals surface area contributed by atoms with E-state index in [1.54, 1.807) is 6.08 Å². The van der Waals surface area contributed by atoms with E-state index in [1.807, 2.05) is 30.4 Å². The molecule has 0 heteroatoms. The molecule has 0 heterocycles. The summed E-state index contributed by atoms with van der Waals surface area (Å²) in [5.41, 5.74) is 1.21. The van der Waals surface area contributed by atoms with E-state index in [2.05, 4.69) is 18.7 Å². The molecule has 0 amide bonds. The predicted molar refractivity (Wildman–Crippen MR) is 52.4 cm³/mol. The monoisotopic (exact) mass is 146 g/mol. The summed E-state index contributed by atoms with van der Waals surface area (Å²) < 4.78 is 0. The number of hydrogen-bond donors (Lipinski definition) is 0. The van der Waals surface area contributed by atoms with Crippen molar-refractivity contribution in [3.05, 3.63) is 54.6 Å². The second kappa shape index (κ2) is 5.48. The van der Waals surface area contributed by atoms with Crippen LogP contribution in [0.15, 0.2) is 49.1 Å². The van der Waals surface area contributed by atoms with E-state index in [9.17, 15) is 0 Å². The Morgan fingerprint density at radius 2 is 1.73 bits per heavy atom. The second-order valence-corrected chi connectivity index (χ2v) is 2.01. The minimum Gasteiger partial charge on any atom is -0.0991 e. The van der Waals surface area contributed by atoms with Crippen LogP contribution in [0.4, 0.5) is 0 Å². The van der Waals surface area contributed by atoms with Crippen molar-refractivity contribution in [3.63, 3.8) is 0 Å². The zero-order valence-corrected chi connectivity index (χ0v) is 5.83. The van der Waals surface area contributed by atoms with Crippen molar-refractivity contribution in [2.45, 2.75) is 7.43 Å². The van der Waals surface area contributed by atoms with E-state index < -0.39 is 0 Å². The van der Waals surface area contributed by atoms with Crippen LogP contribution in [-0.2, 0) is 0 Å². The summed E-state index contributed by atoms with van der Waals surface area (Å²) in [5, 5.41) is 0. The molecule has 0 aliphatic heterocycles. The lowest BCUT2D eigenvalue weighted by Gasteiger charge is -1.87. The van der Waals surface area contributed by atoms with E-state index >= 15 is 0 Å². The van der Waals surface area contributed by atoms with Crippen molar-refractivity contribution in [2.75, 3.05) is 0 Å². The van der Waals surface area contributed by atoms with Gasteiger partial charge in [-0.1, -0.05) is 62.6 Å². The Morgan fingerprint density at radius 1 is 1.09 bits per heavy atom. The van der Waals surface area contributed by atoms with Crippen LogP contribution in [0, 0.1) is 0 Å². The van der Waals surface area contributed by atoms with Crippen LogP contribution in [0.2, 0.25) is 0 Å². The molecule has 1 aromatic carbocycles. The molecule has 1 rings (SSSR count). The number of hydrogen-bond acceptors (Lipinski definition) is 0. The van der Waals surface area contributed by atoms with Crippen LogP contribution in [-0.4, -0.2) is 0 Å². The molecule has 0 aliphatic carbocycles. The highest BCUT2D eigenvalue weighted by atomic mass is 13.8. The molecule has 0 atom stereocenters. The Labute approximate surface area is 68.9 Å². The molecule has 0 bridgehead atoms. The molecule has 0 radical (unpaired) electrons. The summed E-state index contributed by atoms with van der Waals surface area (Å²) in [6, 6.07) is 10.1. The molecule has 0 saturated heterocycles. The SMILES string of the molecule is C.C=C/C=C\c1ccccc1. The lowest BCUT2D eigenvalue weighted by atomic mass is 10.2. The predicted octanol–water partition coefficient (Wildman–Crippen LogP) is 3.52. The fourth-order valence-electron chi connectivity index (χ4n) is 0.743. The van der Waals surface area contributed by atoms with Crippen LogP contribution in [0.1, 0.15) is 13.0 Å². The first-order valence-electron chi connectivity index (χ1n) is 3.27. The van der Waals surface area contributed by atoms with Gasteiger partial charge in [-0.2, -0.15) is 0 Å². The highest BCUT2D eigenvalue weighted by Gasteiger charge is 1.78. The van der Waals surface area contributed by atoms with Crippen LogP contribution in [0.25, 0.3) is 6.08 Å². The molecule has 11 heavy (non-hydrogen) atoms. The summed E-state index contributed by atoms with van der Waals surface area (Å²) in [5.74, 6) is 0. The van der Waals surface area contributed by atoms with Gasteiger partial charge in [0.2, 0.25) is 0 Å². The van der Waals surface area contributed by atoms with Crippen LogP contribution < -0.4 is 0 Å². The minimum atomic E-state index is 0. The van der Waals surface area contributed by atoms with E-state index in [4.69, 9.17) is 0 Å². The maximum Gasteiger partial charge on any atom is -0.0257 e. The normalized spacial score (nSPS) is 9.09. The van der Waals surface area contributed by atoms with E-state index in [1.165, 1.54) is 5.56 Å². The minimum absolute atomic E-state index is 0. The lowest BCUT2D eigenvalue weighted by Crippen LogP contribution is -1.65. The summed E-state index contributed by atoms with van der Waals surface area (Å²) in [6.45, 7) is 3.59. The van der Waals surface area contributed by atoms with E-state index in [0.29, 0.717) is 0 Å². The van der Waals surface area contributed by atoms with Crippen LogP contribution >= 0.6 is 0 Å². The summed E-state index contributed by atoms with van der Waals surface area (Å²) in [7, 11) is 0. The lowest BCUT2D eigenvalue weighted by molar-refractivity contribution is 1.66. The molecule has 58 valence electrons. The van der Waals surface area contributed by atoms with Gasteiger partial charge >= 0.3 is 0 Å². The maximum absolute atomic E-state index is 3.59. The molecule has 0 fully saturated rings. The third kappa shape index (κ3) is 3.41. The fraction of sp³-hybridized carbons (Fsp3) is 0.0909. The first-order chi connectivity index (χ1) is 4.93. The van der Waals surface area contributed by atoms with Gasteiger partial charge in [0.15, 0.2) is 0 Å². The molecule has 0 aliphatic rings. The van der Waals surface area contributed by atoms with Gasteiger partial charge in [0.1, 0.15) is 0 Å². The van der Waals surface area contributed by atoms with E-state index in [0.717, 1.165) is 0 Å². The average molecular weight is 146 g/mol. The van der Waals surface area contributed by atoms with Crippen LogP contribution in [0.5, 0.6) is 0 Å². The number of benzene rings is 1. The topological polar surface area (TPSA) is 0 Å². The smallest absolute Gasteiger partial charge is 0.0257 e. The van der Waals surface area contributed by atoms with Crippen molar-refractivity contribution in [1.82, 2.24) is 0 Å². The Morgan fingerprint density at radius 3 is 2.27 bits per heavy atom. The molecule has 0 N–H and O–H groups in total. The second-order valence-electron chi connectivity index (χ2n) is 2.01. The molecular formula is C11H14. The molecule has 0 nitrogen and oxygen atoms in total. The average Bonchev–Trinajstić information content (AvgIpc) is 2.03. The quantitative estimate of drug-likeness (QED) is 0.560. The van der Waals surface area contributed by atoms with Gasteiger partial charge in [-0.25, -0.2) is 0 Å². The molecule has 1 aromatic rings. The molecule has 0 saturated carbocycles. The molecule has 0 aromatic heterocycles. The standard InChI is InChI=1S/C10H10.CH4/c1-2-3-7-10-8-5-4-6-9-10;/h2-9H,1H2;1H4/b7-3-;. The van der Waals surface area contributed by atoms with Gasteiger partial charge in [0, 0.05) is 0 Å². The van der Waals surface area contributed by atoms with Gasteiger partial charge in [0.05, 0.1) is 0 Å². The number of rotatable bonds is 2. The van der Waals surface area contributed by atoms with Gasteiger partial charge in [0.25, 0.3) is 0 Å². The van der Waals surface area contributed by atoms with E-state index in [-0.39, 0.29) is 7.43 Å². The van der Waals surface area contributed by atoms with Gasteiger partial charge in [-0.15, -0.1) is 0 Å². The third-order valence-electron chi connectivity index (χ3n) is 1.22. The zero-order chi connectivity index (χ0) is 7.23. The Balaban J connectivity index is 0.000001000. The summed E-state index contributed by atoms with van der Waals surface area (Å²) >= 11 is 0. The first-order valence-corrected chi connectivity index (χ1v) is 3.27. The number of allylic oxidation sites excluding steroid dienone is 2. The fourth-order valence-corrected chi connectivity index (χ4v) is 0.743. The van der Waals surface area contributed by atoms with Crippen LogP contribution in [0.3, 0.4) is 0 Å². The zero-order valence-electron chi connectivity index (χ0n) is 5.83. The van der Waals surface area contributed by atoms with Gasteiger partial charge in [-0.05, 0) is 5.56 Å². The molecule has 0 unspecified atom stereocenters. The van der Waals surface area contributed by atoms with Crippen molar-refractivity contribution in [3.8, 4) is 0 Å². The Bertz CT molecular complexity index is 219. The van der Waals surface area contributed by atoms with Gasteiger partial charge < -0.3 is 0 Å². The summed E-state index contributed by atoms with van der Waals surface area (Å²) in [4.78, 5) is 0. The highest BCUT2D eigenvalue weighted by Crippen LogP contribution is 1.99. The van der Waals surface area contributed by atoms with Crippen molar-refractivity contribution in [1.29, 1.82) is 0 Å². The molecular weight excluding hydrogens is 132 g/mol.